The second kappa shape index (κ2) is 8.08. The van der Waals surface area contributed by atoms with Crippen LogP contribution in [0, 0.1) is 19.7 Å². The number of hydrogen-bond acceptors (Lipinski definition) is 5. The molecule has 2 aromatic carbocycles. The van der Waals surface area contributed by atoms with Crippen molar-refractivity contribution in [2.75, 3.05) is 7.11 Å². The normalized spacial score (nSPS) is 11.1. The van der Waals surface area contributed by atoms with Gasteiger partial charge in [0.1, 0.15) is 12.2 Å². The smallest absolute Gasteiger partial charge is 0.336 e. The Kier molecular flexibility index (Phi) is 5.59. The van der Waals surface area contributed by atoms with Crippen LogP contribution in [0.3, 0.4) is 0 Å². The Balaban J connectivity index is 1.75. The molecule has 0 unspecified atom stereocenters. The van der Waals surface area contributed by atoms with E-state index in [2.05, 4.69) is 0 Å². The molecule has 1 aromatic heterocycles. The van der Waals surface area contributed by atoms with E-state index < -0.39 is 17.4 Å². The van der Waals surface area contributed by atoms with E-state index in [1.165, 1.54) is 37.5 Å². The number of ether oxygens (including phenoxy) is 2. The molecule has 0 aliphatic carbocycles. The molecule has 0 radical (unpaired) electrons. The van der Waals surface area contributed by atoms with E-state index in [9.17, 15) is 14.0 Å². The van der Waals surface area contributed by atoms with Crippen LogP contribution in [0.2, 0.25) is 0 Å². The van der Waals surface area contributed by atoms with Crippen LogP contribution < -0.4 is 10.4 Å². The van der Waals surface area contributed by atoms with Gasteiger partial charge in [-0.1, -0.05) is 18.2 Å². The Labute approximate surface area is 161 Å². The second-order valence-corrected chi connectivity index (χ2v) is 6.31. The highest BCUT2D eigenvalue weighted by Gasteiger charge is 2.11. The number of rotatable bonds is 5. The van der Waals surface area contributed by atoms with Gasteiger partial charge in [0.2, 0.25) is 0 Å². The van der Waals surface area contributed by atoms with Gasteiger partial charge in [-0.2, -0.15) is 0 Å². The third-order valence-electron chi connectivity index (χ3n) is 4.48. The average Bonchev–Trinajstić information content (AvgIpc) is 2.67. The van der Waals surface area contributed by atoms with Gasteiger partial charge in [-0.25, -0.2) is 14.0 Å². The molecule has 28 heavy (non-hydrogen) atoms. The van der Waals surface area contributed by atoms with E-state index in [4.69, 9.17) is 13.9 Å². The zero-order valence-corrected chi connectivity index (χ0v) is 15.7. The average molecular weight is 382 g/mol. The van der Waals surface area contributed by atoms with Crippen LogP contribution >= 0.6 is 0 Å². The highest BCUT2D eigenvalue weighted by atomic mass is 19.1. The van der Waals surface area contributed by atoms with Crippen molar-refractivity contribution in [1.29, 1.82) is 0 Å². The summed E-state index contributed by atoms with van der Waals surface area (Å²) >= 11 is 0. The molecule has 0 saturated heterocycles. The predicted molar refractivity (Wildman–Crippen MR) is 104 cm³/mol. The molecule has 0 amide bonds. The third-order valence-corrected chi connectivity index (χ3v) is 4.48. The largest absolute Gasteiger partial charge is 0.494 e. The summed E-state index contributed by atoms with van der Waals surface area (Å²) in [5, 5.41) is 0.719. The number of hydrogen-bond donors (Lipinski definition) is 0. The summed E-state index contributed by atoms with van der Waals surface area (Å²) in [7, 11) is 1.38. The SMILES string of the molecule is COc1ccc(/C=C/C(=O)OCc2cc(=O)oc3c(C)c(C)ccc23)cc1F. The summed E-state index contributed by atoms with van der Waals surface area (Å²) in [4.78, 5) is 23.9. The molecule has 0 fully saturated rings. The zero-order chi connectivity index (χ0) is 20.3. The number of carbonyl (C=O) groups excluding carboxylic acids is 1. The topological polar surface area (TPSA) is 65.7 Å². The number of benzene rings is 2. The minimum atomic E-state index is -0.610. The first-order valence-corrected chi connectivity index (χ1v) is 8.60. The highest BCUT2D eigenvalue weighted by molar-refractivity contribution is 5.88. The number of aryl methyl sites for hydroxylation is 2. The molecule has 0 spiro atoms. The Morgan fingerprint density at radius 2 is 1.96 bits per heavy atom. The number of fused-ring (bicyclic) bond motifs is 1. The summed E-state index contributed by atoms with van der Waals surface area (Å²) in [6.07, 6.45) is 2.64. The molecular weight excluding hydrogens is 363 g/mol. The summed E-state index contributed by atoms with van der Waals surface area (Å²) in [6.45, 7) is 3.71. The molecule has 144 valence electrons. The van der Waals surface area contributed by atoms with Crippen molar-refractivity contribution in [2.24, 2.45) is 0 Å². The number of methoxy groups -OCH3 is 1. The van der Waals surface area contributed by atoms with Gasteiger partial charge in [0, 0.05) is 23.1 Å². The van der Waals surface area contributed by atoms with Crippen molar-refractivity contribution < 1.29 is 23.1 Å². The van der Waals surface area contributed by atoms with E-state index in [0.717, 1.165) is 16.5 Å². The fourth-order valence-electron chi connectivity index (χ4n) is 2.79. The summed E-state index contributed by atoms with van der Waals surface area (Å²) in [5.41, 5.74) is 2.90. The molecule has 0 saturated carbocycles. The Morgan fingerprint density at radius 3 is 2.68 bits per heavy atom. The fourth-order valence-corrected chi connectivity index (χ4v) is 2.79. The molecule has 0 N–H and O–H groups in total. The van der Waals surface area contributed by atoms with Crippen molar-refractivity contribution >= 4 is 23.0 Å². The van der Waals surface area contributed by atoms with Gasteiger partial charge >= 0.3 is 11.6 Å². The summed E-state index contributed by atoms with van der Waals surface area (Å²) in [5.74, 6) is -1.01. The Bertz CT molecular complexity index is 1130. The quantitative estimate of drug-likeness (QED) is 0.374. The maximum atomic E-state index is 13.7. The zero-order valence-electron chi connectivity index (χ0n) is 15.7. The van der Waals surface area contributed by atoms with Crippen LogP contribution in [0.5, 0.6) is 5.75 Å². The van der Waals surface area contributed by atoms with E-state index in [1.807, 2.05) is 26.0 Å². The van der Waals surface area contributed by atoms with Crippen LogP contribution in [0.1, 0.15) is 22.3 Å². The number of carbonyl (C=O) groups is 1. The lowest BCUT2D eigenvalue weighted by molar-refractivity contribution is -0.138. The van der Waals surface area contributed by atoms with E-state index in [0.29, 0.717) is 16.7 Å². The molecule has 0 atom stereocenters. The first-order chi connectivity index (χ1) is 13.4. The van der Waals surface area contributed by atoms with Gasteiger partial charge in [-0.3, -0.25) is 0 Å². The lowest BCUT2D eigenvalue weighted by Gasteiger charge is -2.09. The van der Waals surface area contributed by atoms with Gasteiger partial charge < -0.3 is 13.9 Å². The van der Waals surface area contributed by atoms with Crippen LogP contribution in [0.25, 0.3) is 17.0 Å². The van der Waals surface area contributed by atoms with Crippen LogP contribution in [-0.4, -0.2) is 13.1 Å². The minimum absolute atomic E-state index is 0.0786. The van der Waals surface area contributed by atoms with Crippen LogP contribution in [0.15, 0.2) is 51.7 Å². The molecule has 3 aromatic rings. The van der Waals surface area contributed by atoms with Gasteiger partial charge in [0.25, 0.3) is 0 Å². The van der Waals surface area contributed by atoms with Gasteiger partial charge in [0.05, 0.1) is 7.11 Å². The van der Waals surface area contributed by atoms with Crippen LogP contribution in [0.4, 0.5) is 4.39 Å². The molecule has 3 rings (SSSR count). The Hall–Kier alpha value is -3.41. The van der Waals surface area contributed by atoms with E-state index in [-0.39, 0.29) is 12.4 Å². The monoisotopic (exact) mass is 382 g/mol. The second-order valence-electron chi connectivity index (χ2n) is 6.31. The summed E-state index contributed by atoms with van der Waals surface area (Å²) in [6, 6.07) is 9.41. The third kappa shape index (κ3) is 4.11. The molecule has 0 bridgehead atoms. The molecule has 0 aliphatic heterocycles. The predicted octanol–water partition coefficient (Wildman–Crippen LogP) is 4.31. The molecule has 0 aliphatic rings. The maximum Gasteiger partial charge on any atom is 0.336 e. The summed E-state index contributed by atoms with van der Waals surface area (Å²) < 4.78 is 29.1. The lowest BCUT2D eigenvalue weighted by atomic mass is 10.0. The van der Waals surface area contributed by atoms with Gasteiger partial charge in [-0.05, 0) is 48.7 Å². The standard InChI is InChI=1S/C22H19FO5/c1-13-4-7-17-16(11-21(25)28-22(17)14(13)2)12-27-20(24)9-6-15-5-8-19(26-3)18(23)10-15/h4-11H,12H2,1-3H3/b9-6+. The van der Waals surface area contributed by atoms with Crippen molar-refractivity contribution in [3.05, 3.63) is 81.0 Å². The number of halogens is 1. The van der Waals surface area contributed by atoms with Crippen LogP contribution in [-0.2, 0) is 16.1 Å². The molecule has 5 nitrogen and oxygen atoms in total. The first kappa shape index (κ1) is 19.4. The van der Waals surface area contributed by atoms with E-state index >= 15 is 0 Å². The molecule has 1 heterocycles. The lowest BCUT2D eigenvalue weighted by Crippen LogP contribution is -2.06. The minimum Gasteiger partial charge on any atom is -0.494 e. The van der Waals surface area contributed by atoms with Crippen molar-refractivity contribution in [3.63, 3.8) is 0 Å². The van der Waals surface area contributed by atoms with Crippen molar-refractivity contribution in [2.45, 2.75) is 20.5 Å². The van der Waals surface area contributed by atoms with Crippen molar-refractivity contribution in [3.8, 4) is 5.75 Å². The molecule has 6 heteroatoms. The van der Waals surface area contributed by atoms with Crippen molar-refractivity contribution in [1.82, 2.24) is 0 Å². The van der Waals surface area contributed by atoms with E-state index in [1.54, 1.807) is 6.07 Å². The van der Waals surface area contributed by atoms with Gasteiger partial charge in [-0.15, -0.1) is 0 Å². The first-order valence-electron chi connectivity index (χ1n) is 8.60. The van der Waals surface area contributed by atoms with Gasteiger partial charge in [0.15, 0.2) is 11.6 Å². The highest BCUT2D eigenvalue weighted by Crippen LogP contribution is 2.24. The Morgan fingerprint density at radius 1 is 1.18 bits per heavy atom. The number of esters is 1. The maximum absolute atomic E-state index is 13.7. The molecular formula is C22H19FO5. The fraction of sp³-hybridized carbons (Fsp3) is 0.182.